The molecule has 26 heavy (non-hydrogen) atoms. The summed E-state index contributed by atoms with van der Waals surface area (Å²) in [5.41, 5.74) is 1.20. The van der Waals surface area contributed by atoms with Crippen LogP contribution in [0.4, 0.5) is 5.69 Å². The van der Waals surface area contributed by atoms with Gasteiger partial charge in [-0.05, 0) is 54.8 Å². The Balaban J connectivity index is 1.61. The van der Waals surface area contributed by atoms with Gasteiger partial charge in [-0.1, -0.05) is 28.1 Å². The van der Waals surface area contributed by atoms with E-state index in [1.165, 1.54) is 4.90 Å². The number of hydrogen-bond acceptors (Lipinski definition) is 3. The van der Waals surface area contributed by atoms with Gasteiger partial charge in [0, 0.05) is 17.2 Å². The Kier molecular flexibility index (Phi) is 5.32. The third-order valence-electron chi connectivity index (χ3n) is 4.66. The number of carbonyl (C=O) groups excluding carboxylic acids is 2. The second kappa shape index (κ2) is 7.50. The molecule has 1 fully saturated rings. The number of rotatable bonds is 6. The monoisotopic (exact) mass is 416 g/mol. The number of likely N-dealkylation sites (N-methyl/N-ethyl adjacent to an activating group) is 1. The molecule has 0 aromatic heterocycles. The largest absolute Gasteiger partial charge is 0.497 e. The second-order valence-corrected chi connectivity index (χ2v) is 7.44. The highest BCUT2D eigenvalue weighted by molar-refractivity contribution is 9.10. The van der Waals surface area contributed by atoms with Crippen molar-refractivity contribution in [2.24, 2.45) is 0 Å². The summed E-state index contributed by atoms with van der Waals surface area (Å²) >= 11 is 3.42. The molecule has 5 nitrogen and oxygen atoms in total. The van der Waals surface area contributed by atoms with E-state index in [0.717, 1.165) is 28.6 Å². The zero-order chi connectivity index (χ0) is 18.7. The maximum atomic E-state index is 12.9. The normalized spacial score (nSPS) is 14.4. The van der Waals surface area contributed by atoms with Crippen LogP contribution in [0.25, 0.3) is 0 Å². The van der Waals surface area contributed by atoms with Crippen LogP contribution in [-0.2, 0) is 15.0 Å². The molecule has 6 heteroatoms. The molecule has 0 bridgehead atoms. The number of ether oxygens (including phenoxy) is 1. The number of halogens is 1. The molecule has 0 heterocycles. The maximum absolute atomic E-state index is 12.9. The number of nitrogens with one attached hydrogen (secondary N) is 1. The second-order valence-electron chi connectivity index (χ2n) is 6.53. The van der Waals surface area contributed by atoms with E-state index in [2.05, 4.69) is 21.2 Å². The number of amides is 2. The van der Waals surface area contributed by atoms with Crippen molar-refractivity contribution >= 4 is 33.4 Å². The van der Waals surface area contributed by atoms with Crippen molar-refractivity contribution in [3.8, 4) is 5.75 Å². The summed E-state index contributed by atoms with van der Waals surface area (Å²) in [6.45, 7) is 0.0170. The summed E-state index contributed by atoms with van der Waals surface area (Å²) in [4.78, 5) is 26.7. The third-order valence-corrected chi connectivity index (χ3v) is 5.19. The molecular weight excluding hydrogens is 396 g/mol. The van der Waals surface area contributed by atoms with E-state index in [9.17, 15) is 9.59 Å². The van der Waals surface area contributed by atoms with Gasteiger partial charge in [-0.25, -0.2) is 0 Å². The Morgan fingerprint density at radius 2 is 1.73 bits per heavy atom. The van der Waals surface area contributed by atoms with Crippen LogP contribution in [-0.4, -0.2) is 37.4 Å². The van der Waals surface area contributed by atoms with Crippen molar-refractivity contribution in [2.75, 3.05) is 26.0 Å². The average molecular weight is 417 g/mol. The van der Waals surface area contributed by atoms with Gasteiger partial charge in [0.1, 0.15) is 5.75 Å². The molecule has 136 valence electrons. The molecule has 1 N–H and O–H groups in total. The number of benzene rings is 2. The van der Waals surface area contributed by atoms with Gasteiger partial charge in [-0.15, -0.1) is 0 Å². The van der Waals surface area contributed by atoms with E-state index in [4.69, 9.17) is 4.74 Å². The van der Waals surface area contributed by atoms with E-state index >= 15 is 0 Å². The highest BCUT2D eigenvalue weighted by Gasteiger charge is 2.52. The quantitative estimate of drug-likeness (QED) is 0.782. The van der Waals surface area contributed by atoms with Gasteiger partial charge < -0.3 is 15.0 Å². The summed E-state index contributed by atoms with van der Waals surface area (Å²) in [5.74, 6) is 0.489. The number of methoxy groups -OCH3 is 1. The molecule has 0 unspecified atom stereocenters. The fraction of sp³-hybridized carbons (Fsp3) is 0.300. The van der Waals surface area contributed by atoms with E-state index < -0.39 is 5.41 Å². The van der Waals surface area contributed by atoms with Crippen molar-refractivity contribution in [2.45, 2.75) is 18.3 Å². The predicted molar refractivity (Wildman–Crippen MR) is 104 cm³/mol. The molecule has 0 radical (unpaired) electrons. The molecule has 2 aromatic rings. The third kappa shape index (κ3) is 3.90. The molecular formula is C20H21BrN2O3. The van der Waals surface area contributed by atoms with Crippen molar-refractivity contribution in [1.29, 1.82) is 0 Å². The average Bonchev–Trinajstić information content (AvgIpc) is 3.44. The van der Waals surface area contributed by atoms with Gasteiger partial charge in [-0.2, -0.15) is 0 Å². The first kappa shape index (κ1) is 18.5. The van der Waals surface area contributed by atoms with Crippen LogP contribution >= 0.6 is 15.9 Å². The van der Waals surface area contributed by atoms with Crippen LogP contribution in [0.15, 0.2) is 53.0 Å². The number of anilines is 1. The van der Waals surface area contributed by atoms with E-state index in [-0.39, 0.29) is 18.4 Å². The van der Waals surface area contributed by atoms with Gasteiger partial charge >= 0.3 is 0 Å². The first-order valence-electron chi connectivity index (χ1n) is 8.40. The van der Waals surface area contributed by atoms with Gasteiger partial charge in [-0.3, -0.25) is 9.59 Å². The van der Waals surface area contributed by atoms with Gasteiger partial charge in [0.25, 0.3) is 0 Å². The molecule has 1 aliphatic rings. The topological polar surface area (TPSA) is 58.6 Å². The van der Waals surface area contributed by atoms with Crippen LogP contribution in [0.2, 0.25) is 0 Å². The first-order valence-corrected chi connectivity index (χ1v) is 9.19. The summed E-state index contributed by atoms with van der Waals surface area (Å²) in [6.07, 6.45) is 1.63. The molecule has 0 saturated heterocycles. The molecule has 2 amide bonds. The van der Waals surface area contributed by atoms with Crippen LogP contribution in [0.1, 0.15) is 18.4 Å². The smallest absolute Gasteiger partial charge is 0.243 e. The van der Waals surface area contributed by atoms with E-state index in [1.807, 2.05) is 24.3 Å². The minimum absolute atomic E-state index is 0.00953. The van der Waals surface area contributed by atoms with E-state index in [1.54, 1.807) is 38.4 Å². The summed E-state index contributed by atoms with van der Waals surface area (Å²) in [6, 6.07) is 14.9. The predicted octanol–water partition coefficient (Wildman–Crippen LogP) is 3.59. The number of nitrogens with zero attached hydrogens (tertiary/aromatic N) is 1. The standard InChI is InChI=1S/C20H21BrN2O3/c1-23(13-18(24)22-16-7-9-17(26-2)10-8-16)19(25)20(11-12-20)14-3-5-15(21)6-4-14/h3-10H,11-13H2,1-2H3,(H,22,24). The molecule has 2 aromatic carbocycles. The van der Waals surface area contributed by atoms with E-state index in [0.29, 0.717) is 5.69 Å². The summed E-state index contributed by atoms with van der Waals surface area (Å²) in [7, 11) is 3.27. The number of hydrogen-bond donors (Lipinski definition) is 1. The lowest BCUT2D eigenvalue weighted by molar-refractivity contribution is -0.135. The molecule has 3 rings (SSSR count). The molecule has 0 spiro atoms. The molecule has 0 atom stereocenters. The molecule has 1 saturated carbocycles. The molecule has 1 aliphatic carbocycles. The minimum Gasteiger partial charge on any atom is -0.497 e. The van der Waals surface area contributed by atoms with Crippen molar-refractivity contribution in [3.63, 3.8) is 0 Å². The molecule has 0 aliphatic heterocycles. The Labute approximate surface area is 161 Å². The Hall–Kier alpha value is -2.34. The van der Waals surface area contributed by atoms with Crippen LogP contribution < -0.4 is 10.1 Å². The Morgan fingerprint density at radius 3 is 2.27 bits per heavy atom. The minimum atomic E-state index is -0.476. The van der Waals surface area contributed by atoms with Crippen LogP contribution in [0.3, 0.4) is 0 Å². The van der Waals surface area contributed by atoms with Crippen LogP contribution in [0.5, 0.6) is 5.75 Å². The fourth-order valence-electron chi connectivity index (χ4n) is 3.05. The lowest BCUT2D eigenvalue weighted by Gasteiger charge is -2.23. The Morgan fingerprint density at radius 1 is 1.12 bits per heavy atom. The van der Waals surface area contributed by atoms with Gasteiger partial charge in [0.05, 0.1) is 19.1 Å². The summed E-state index contributed by atoms with van der Waals surface area (Å²) in [5, 5.41) is 2.80. The number of carbonyl (C=O) groups is 2. The summed E-state index contributed by atoms with van der Waals surface area (Å²) < 4.78 is 6.08. The highest BCUT2D eigenvalue weighted by Crippen LogP contribution is 2.49. The van der Waals surface area contributed by atoms with Gasteiger partial charge in [0.2, 0.25) is 11.8 Å². The maximum Gasteiger partial charge on any atom is 0.243 e. The zero-order valence-electron chi connectivity index (χ0n) is 14.8. The first-order chi connectivity index (χ1) is 12.4. The lowest BCUT2D eigenvalue weighted by Crippen LogP contribution is -2.41. The van der Waals surface area contributed by atoms with Crippen molar-refractivity contribution < 1.29 is 14.3 Å². The van der Waals surface area contributed by atoms with Crippen molar-refractivity contribution in [3.05, 3.63) is 58.6 Å². The zero-order valence-corrected chi connectivity index (χ0v) is 16.4. The fourth-order valence-corrected chi connectivity index (χ4v) is 3.31. The lowest BCUT2D eigenvalue weighted by atomic mass is 9.94. The highest BCUT2D eigenvalue weighted by atomic mass is 79.9. The van der Waals surface area contributed by atoms with Gasteiger partial charge in [0.15, 0.2) is 0 Å². The Bertz CT molecular complexity index is 799. The van der Waals surface area contributed by atoms with Crippen LogP contribution in [0, 0.1) is 0 Å². The van der Waals surface area contributed by atoms with Crippen molar-refractivity contribution in [1.82, 2.24) is 4.90 Å². The SMILES string of the molecule is COc1ccc(NC(=O)CN(C)C(=O)C2(c3ccc(Br)cc3)CC2)cc1.